The first-order valence-electron chi connectivity index (χ1n) is 6.31. The van der Waals surface area contributed by atoms with Crippen LogP contribution >= 0.6 is 11.8 Å². The molecular weight excluding hydrogens is 252 g/mol. The number of thioether (sulfide) groups is 1. The van der Waals surface area contributed by atoms with Gasteiger partial charge in [0.25, 0.3) is 0 Å². The van der Waals surface area contributed by atoms with Crippen molar-refractivity contribution in [2.75, 3.05) is 5.75 Å². The highest BCUT2D eigenvalue weighted by molar-refractivity contribution is 7.99. The van der Waals surface area contributed by atoms with Crippen LogP contribution in [0.15, 0.2) is 53.4 Å². The standard InChI is InChI=1S/C16H14N2S/c17-9-12-4-3-5-13(8-12)10-18-15-11-19-16-7-2-1-6-14(15)16/h1-8,15,18H,10-11H2. The lowest BCUT2D eigenvalue weighted by Gasteiger charge is -2.13. The number of rotatable bonds is 3. The molecule has 3 heteroatoms. The van der Waals surface area contributed by atoms with Crippen LogP contribution in [0.4, 0.5) is 0 Å². The van der Waals surface area contributed by atoms with Crippen LogP contribution < -0.4 is 5.32 Å². The molecule has 1 aliphatic rings. The molecule has 1 heterocycles. The van der Waals surface area contributed by atoms with Gasteiger partial charge in [0.05, 0.1) is 11.6 Å². The van der Waals surface area contributed by atoms with Crippen LogP contribution in [0.3, 0.4) is 0 Å². The van der Waals surface area contributed by atoms with Gasteiger partial charge in [0.2, 0.25) is 0 Å². The summed E-state index contributed by atoms with van der Waals surface area (Å²) in [7, 11) is 0. The van der Waals surface area contributed by atoms with E-state index in [1.807, 2.05) is 30.0 Å². The highest BCUT2D eigenvalue weighted by Gasteiger charge is 2.21. The molecule has 2 aromatic carbocycles. The highest BCUT2D eigenvalue weighted by atomic mass is 32.2. The average molecular weight is 266 g/mol. The lowest BCUT2D eigenvalue weighted by Crippen LogP contribution is -2.20. The fourth-order valence-corrected chi connectivity index (χ4v) is 3.52. The van der Waals surface area contributed by atoms with Crippen molar-refractivity contribution in [1.82, 2.24) is 5.32 Å². The van der Waals surface area contributed by atoms with Crippen LogP contribution in [-0.4, -0.2) is 5.75 Å². The second-order valence-corrected chi connectivity index (χ2v) is 5.66. The molecule has 0 aliphatic carbocycles. The molecule has 2 nitrogen and oxygen atoms in total. The zero-order valence-electron chi connectivity index (χ0n) is 10.5. The molecular formula is C16H14N2S. The van der Waals surface area contributed by atoms with Gasteiger partial charge in [-0.15, -0.1) is 11.8 Å². The summed E-state index contributed by atoms with van der Waals surface area (Å²) in [6.45, 7) is 0.801. The van der Waals surface area contributed by atoms with Crippen LogP contribution in [0, 0.1) is 11.3 Å². The molecule has 1 aliphatic heterocycles. The number of nitriles is 1. The van der Waals surface area contributed by atoms with Gasteiger partial charge in [-0.25, -0.2) is 0 Å². The van der Waals surface area contributed by atoms with Crippen LogP contribution in [-0.2, 0) is 6.54 Å². The van der Waals surface area contributed by atoms with E-state index >= 15 is 0 Å². The average Bonchev–Trinajstić information content (AvgIpc) is 2.89. The maximum absolute atomic E-state index is 8.90. The van der Waals surface area contributed by atoms with E-state index in [4.69, 9.17) is 5.26 Å². The third kappa shape index (κ3) is 2.65. The van der Waals surface area contributed by atoms with E-state index in [0.717, 1.165) is 23.4 Å². The van der Waals surface area contributed by atoms with Crippen molar-refractivity contribution in [2.24, 2.45) is 0 Å². The van der Waals surface area contributed by atoms with Crippen LogP contribution in [0.5, 0.6) is 0 Å². The molecule has 0 spiro atoms. The molecule has 19 heavy (non-hydrogen) atoms. The van der Waals surface area contributed by atoms with Crippen molar-refractivity contribution in [2.45, 2.75) is 17.5 Å². The van der Waals surface area contributed by atoms with Gasteiger partial charge in [-0.3, -0.25) is 0 Å². The van der Waals surface area contributed by atoms with Crippen molar-refractivity contribution in [3.05, 3.63) is 65.2 Å². The summed E-state index contributed by atoms with van der Waals surface area (Å²) in [5.41, 5.74) is 3.28. The van der Waals surface area contributed by atoms with Crippen LogP contribution in [0.1, 0.15) is 22.7 Å². The fourth-order valence-electron chi connectivity index (χ4n) is 2.32. The van der Waals surface area contributed by atoms with E-state index in [1.165, 1.54) is 10.5 Å². The van der Waals surface area contributed by atoms with E-state index in [9.17, 15) is 0 Å². The Kier molecular flexibility index (Phi) is 3.54. The third-order valence-electron chi connectivity index (χ3n) is 3.31. The molecule has 0 amide bonds. The van der Waals surface area contributed by atoms with Crippen molar-refractivity contribution in [1.29, 1.82) is 5.26 Å². The van der Waals surface area contributed by atoms with Gasteiger partial charge in [-0.1, -0.05) is 30.3 Å². The molecule has 0 fully saturated rings. The molecule has 1 atom stereocenters. The minimum atomic E-state index is 0.409. The Balaban J connectivity index is 1.69. The highest BCUT2D eigenvalue weighted by Crippen LogP contribution is 2.37. The van der Waals surface area contributed by atoms with Gasteiger partial charge in [-0.2, -0.15) is 5.26 Å². The predicted molar refractivity (Wildman–Crippen MR) is 77.9 cm³/mol. The second-order valence-electron chi connectivity index (χ2n) is 4.59. The van der Waals surface area contributed by atoms with Crippen molar-refractivity contribution in [3.63, 3.8) is 0 Å². The van der Waals surface area contributed by atoms with E-state index in [0.29, 0.717) is 6.04 Å². The summed E-state index contributed by atoms with van der Waals surface area (Å²) in [5, 5.41) is 12.5. The molecule has 94 valence electrons. The van der Waals surface area contributed by atoms with Crippen LogP contribution in [0.25, 0.3) is 0 Å². The fraction of sp³-hybridized carbons (Fsp3) is 0.188. The summed E-state index contributed by atoms with van der Waals surface area (Å²) >= 11 is 1.90. The topological polar surface area (TPSA) is 35.8 Å². The number of hydrogen-bond acceptors (Lipinski definition) is 3. The van der Waals surface area contributed by atoms with E-state index < -0.39 is 0 Å². The lowest BCUT2D eigenvalue weighted by atomic mass is 10.1. The maximum atomic E-state index is 8.90. The number of nitrogens with one attached hydrogen (secondary N) is 1. The number of benzene rings is 2. The summed E-state index contributed by atoms with van der Waals surface area (Å²) in [5.74, 6) is 1.08. The summed E-state index contributed by atoms with van der Waals surface area (Å²) in [6.07, 6.45) is 0. The Bertz CT molecular complexity index is 631. The lowest BCUT2D eigenvalue weighted by molar-refractivity contribution is 0.584. The van der Waals surface area contributed by atoms with Crippen molar-refractivity contribution in [3.8, 4) is 6.07 Å². The molecule has 1 N–H and O–H groups in total. The van der Waals surface area contributed by atoms with E-state index in [2.05, 4.69) is 41.7 Å². The number of hydrogen-bond donors (Lipinski definition) is 1. The van der Waals surface area contributed by atoms with Crippen molar-refractivity contribution < 1.29 is 0 Å². The molecule has 0 bridgehead atoms. The quantitative estimate of drug-likeness (QED) is 0.923. The van der Waals surface area contributed by atoms with Crippen LogP contribution in [0.2, 0.25) is 0 Å². The van der Waals surface area contributed by atoms with Gasteiger partial charge in [-0.05, 0) is 29.3 Å². The smallest absolute Gasteiger partial charge is 0.0991 e. The molecule has 0 saturated heterocycles. The Morgan fingerprint density at radius 3 is 3.00 bits per heavy atom. The Labute approximate surface area is 117 Å². The minimum Gasteiger partial charge on any atom is -0.305 e. The predicted octanol–water partition coefficient (Wildman–Crippen LogP) is 3.49. The van der Waals surface area contributed by atoms with Gasteiger partial charge in [0, 0.05) is 23.2 Å². The Morgan fingerprint density at radius 2 is 2.11 bits per heavy atom. The first-order valence-corrected chi connectivity index (χ1v) is 7.29. The number of fused-ring (bicyclic) bond motifs is 1. The second kappa shape index (κ2) is 5.48. The normalized spacial score (nSPS) is 16.9. The SMILES string of the molecule is N#Cc1cccc(CNC2CSc3ccccc32)c1. The molecule has 0 saturated carbocycles. The van der Waals surface area contributed by atoms with E-state index in [1.54, 1.807) is 0 Å². The largest absolute Gasteiger partial charge is 0.305 e. The first-order chi connectivity index (χ1) is 9.36. The van der Waals surface area contributed by atoms with Gasteiger partial charge >= 0.3 is 0 Å². The zero-order chi connectivity index (χ0) is 13.1. The van der Waals surface area contributed by atoms with E-state index in [-0.39, 0.29) is 0 Å². The zero-order valence-corrected chi connectivity index (χ0v) is 11.3. The molecule has 3 rings (SSSR count). The maximum Gasteiger partial charge on any atom is 0.0991 e. The Morgan fingerprint density at radius 1 is 1.21 bits per heavy atom. The molecule has 0 aromatic heterocycles. The van der Waals surface area contributed by atoms with Gasteiger partial charge in [0.15, 0.2) is 0 Å². The molecule has 1 unspecified atom stereocenters. The third-order valence-corrected chi connectivity index (χ3v) is 4.49. The molecule has 2 aromatic rings. The molecule has 0 radical (unpaired) electrons. The Hall–Kier alpha value is -1.76. The summed E-state index contributed by atoms with van der Waals surface area (Å²) < 4.78 is 0. The minimum absolute atomic E-state index is 0.409. The summed E-state index contributed by atoms with van der Waals surface area (Å²) in [6, 6.07) is 18.9. The van der Waals surface area contributed by atoms with Gasteiger partial charge in [0.1, 0.15) is 0 Å². The van der Waals surface area contributed by atoms with Crippen molar-refractivity contribution >= 4 is 11.8 Å². The summed E-state index contributed by atoms with van der Waals surface area (Å²) in [4.78, 5) is 1.38. The first kappa shape index (κ1) is 12.3. The van der Waals surface area contributed by atoms with Gasteiger partial charge < -0.3 is 5.32 Å². The monoisotopic (exact) mass is 266 g/mol. The number of nitrogens with zero attached hydrogens (tertiary/aromatic N) is 1.